The van der Waals surface area contributed by atoms with E-state index in [1.165, 1.54) is 6.92 Å². The quantitative estimate of drug-likeness (QED) is 0.200. The van der Waals surface area contributed by atoms with Crippen molar-refractivity contribution in [2.45, 2.75) is 171 Å². The molecule has 0 aromatic carbocycles. The first-order chi connectivity index (χ1) is 24.6. The molecule has 0 aromatic heterocycles. The summed E-state index contributed by atoms with van der Waals surface area (Å²) >= 11 is 0. The topological polar surface area (TPSA) is 197 Å². The van der Waals surface area contributed by atoms with Crippen LogP contribution in [0.5, 0.6) is 0 Å². The Hall–Kier alpha value is -0.780. The maximum Gasteiger partial charge on any atom is 0.187 e. The molecule has 1 spiro atoms. The molecule has 22 atom stereocenters. The zero-order chi connectivity index (χ0) is 37.1. The normalized spacial score (nSPS) is 58.9. The molecule has 13 nitrogen and oxygen atoms in total. The highest BCUT2D eigenvalue weighted by Crippen LogP contribution is 2.71. The minimum Gasteiger partial charge on any atom is -0.394 e. The van der Waals surface area contributed by atoms with Crippen LogP contribution in [0.15, 0.2) is 11.6 Å². The molecule has 4 aliphatic carbocycles. The second kappa shape index (κ2) is 13.7. The smallest absolute Gasteiger partial charge is 0.187 e. The first-order valence-electron chi connectivity index (χ1n) is 19.9. The Morgan fingerprint density at radius 1 is 0.827 bits per heavy atom. The van der Waals surface area contributed by atoms with E-state index in [0.717, 1.165) is 50.7 Å². The van der Waals surface area contributed by atoms with Crippen LogP contribution in [0.2, 0.25) is 0 Å². The number of fused-ring (bicyclic) bond motifs is 7. The van der Waals surface area contributed by atoms with Crippen molar-refractivity contribution in [3.05, 3.63) is 11.6 Å². The average molecular weight is 739 g/mol. The highest BCUT2D eigenvalue weighted by atomic mass is 16.8. The molecule has 3 saturated carbocycles. The highest BCUT2D eigenvalue weighted by molar-refractivity contribution is 5.29. The standard InChI is InChI=1S/C39H62O13/c1-17-8-11-39(47-16-17)18(2)28-25(52-39)14-24-22-7-6-20-12-21(41)13-27(38(20,5)23(22)9-10-37(24,28)4)50-36-34(32(45)30(43)26(15-40)49-36)51-35-33(46)31(44)29(42)19(3)48-35/h6,17-19,21-36,40-46H,7-16H2,1-5H3/t17?,18-,19?,21?,22?,23?,24?,25?,26?,27?,28?,29?,30?,31?,32?,33?,34?,35?,36?,37-,38-,39+/m0/s1. The molecule has 7 N–H and O–H groups in total. The fraction of sp³-hybridized carbons (Fsp3) is 0.949. The summed E-state index contributed by atoms with van der Waals surface area (Å²) in [4.78, 5) is 0. The lowest BCUT2D eigenvalue weighted by atomic mass is 9.46. The van der Waals surface area contributed by atoms with Crippen molar-refractivity contribution in [1.82, 2.24) is 0 Å². The van der Waals surface area contributed by atoms with Crippen molar-refractivity contribution < 1.29 is 64.2 Å². The summed E-state index contributed by atoms with van der Waals surface area (Å²) in [7, 11) is 0. The highest BCUT2D eigenvalue weighted by Gasteiger charge is 2.69. The van der Waals surface area contributed by atoms with E-state index in [2.05, 4.69) is 33.8 Å². The van der Waals surface area contributed by atoms with Crippen molar-refractivity contribution in [3.63, 3.8) is 0 Å². The van der Waals surface area contributed by atoms with E-state index in [-0.39, 0.29) is 17.4 Å². The second-order valence-electron chi connectivity index (χ2n) is 18.3. The van der Waals surface area contributed by atoms with E-state index in [0.29, 0.717) is 42.4 Å². The van der Waals surface area contributed by atoms with Crippen LogP contribution in [0.1, 0.15) is 86.0 Å². The van der Waals surface area contributed by atoms with Gasteiger partial charge in [-0.15, -0.1) is 0 Å². The number of ether oxygens (including phenoxy) is 6. The Bertz CT molecular complexity index is 1340. The van der Waals surface area contributed by atoms with Gasteiger partial charge in [0.2, 0.25) is 0 Å². The maximum atomic E-state index is 11.3. The van der Waals surface area contributed by atoms with Crippen LogP contribution in [0.4, 0.5) is 0 Å². The van der Waals surface area contributed by atoms with Gasteiger partial charge in [-0.1, -0.05) is 39.3 Å². The van der Waals surface area contributed by atoms with Crippen molar-refractivity contribution >= 4 is 0 Å². The molecule has 0 bridgehead atoms. The first-order valence-corrected chi connectivity index (χ1v) is 19.9. The molecule has 52 heavy (non-hydrogen) atoms. The van der Waals surface area contributed by atoms with E-state index in [4.69, 9.17) is 28.4 Å². The Balaban J connectivity index is 1.06. The summed E-state index contributed by atoms with van der Waals surface area (Å²) in [5, 5.41) is 74.9. The summed E-state index contributed by atoms with van der Waals surface area (Å²) in [5.41, 5.74) is 0.762. The first kappa shape index (κ1) is 38.1. The fourth-order valence-corrected chi connectivity index (χ4v) is 12.6. The lowest BCUT2D eigenvalue weighted by Crippen LogP contribution is -2.65. The average Bonchev–Trinajstić information content (AvgIpc) is 3.56. The van der Waals surface area contributed by atoms with Crippen molar-refractivity contribution in [2.24, 2.45) is 46.3 Å². The molecule has 18 unspecified atom stereocenters. The van der Waals surface area contributed by atoms with E-state index < -0.39 is 91.4 Å². The summed E-state index contributed by atoms with van der Waals surface area (Å²) < 4.78 is 38.2. The molecule has 7 fully saturated rings. The molecule has 4 aliphatic heterocycles. The second-order valence-corrected chi connectivity index (χ2v) is 18.3. The van der Waals surface area contributed by atoms with Gasteiger partial charge in [0.15, 0.2) is 18.4 Å². The van der Waals surface area contributed by atoms with Gasteiger partial charge in [0.25, 0.3) is 0 Å². The van der Waals surface area contributed by atoms with Gasteiger partial charge in [0, 0.05) is 24.2 Å². The molecule has 8 rings (SSSR count). The van der Waals surface area contributed by atoms with Gasteiger partial charge in [0.1, 0.15) is 42.7 Å². The van der Waals surface area contributed by atoms with Crippen LogP contribution < -0.4 is 0 Å². The van der Waals surface area contributed by atoms with Crippen LogP contribution in [0, 0.1) is 46.3 Å². The van der Waals surface area contributed by atoms with Gasteiger partial charge in [-0.05, 0) is 80.5 Å². The lowest BCUT2D eigenvalue weighted by molar-refractivity contribution is -0.374. The van der Waals surface area contributed by atoms with Gasteiger partial charge in [-0.25, -0.2) is 0 Å². The van der Waals surface area contributed by atoms with Gasteiger partial charge in [0.05, 0.1) is 37.6 Å². The summed E-state index contributed by atoms with van der Waals surface area (Å²) in [6, 6.07) is 0. The van der Waals surface area contributed by atoms with Gasteiger partial charge in [-0.2, -0.15) is 0 Å². The molecule has 0 amide bonds. The molecular weight excluding hydrogens is 676 g/mol. The fourth-order valence-electron chi connectivity index (χ4n) is 12.6. The van der Waals surface area contributed by atoms with E-state index in [9.17, 15) is 35.7 Å². The molecule has 296 valence electrons. The van der Waals surface area contributed by atoms with Crippen LogP contribution >= 0.6 is 0 Å². The van der Waals surface area contributed by atoms with Gasteiger partial charge in [-0.3, -0.25) is 0 Å². The number of rotatable bonds is 5. The molecule has 8 aliphatic rings. The summed E-state index contributed by atoms with van der Waals surface area (Å²) in [5.74, 6) is 1.86. The SMILES string of the molecule is CC1CC[C@@]2(OC1)OC1CC3C4CC=C5CC(O)CC(OC6OC(CO)C(O)C(O)C6OC6OC(C)C(O)C(O)C6O)[C@]5(C)C4CC[C@]3(C)C1[C@@H]2C. The van der Waals surface area contributed by atoms with Gasteiger partial charge >= 0.3 is 0 Å². The van der Waals surface area contributed by atoms with E-state index in [1.807, 2.05) is 0 Å². The largest absolute Gasteiger partial charge is 0.394 e. The maximum absolute atomic E-state index is 11.3. The van der Waals surface area contributed by atoms with Crippen molar-refractivity contribution in [3.8, 4) is 0 Å². The van der Waals surface area contributed by atoms with Crippen molar-refractivity contribution in [1.29, 1.82) is 0 Å². The molecule has 13 heteroatoms. The Labute approximate surface area is 306 Å². The number of aliphatic hydroxyl groups is 7. The zero-order valence-corrected chi connectivity index (χ0v) is 31.2. The summed E-state index contributed by atoms with van der Waals surface area (Å²) in [6.45, 7) is 11.0. The summed E-state index contributed by atoms with van der Waals surface area (Å²) in [6.07, 6.45) is -5.95. The van der Waals surface area contributed by atoms with Crippen molar-refractivity contribution in [2.75, 3.05) is 13.2 Å². The van der Waals surface area contributed by atoms with E-state index in [1.54, 1.807) is 0 Å². The number of aliphatic hydroxyl groups excluding tert-OH is 7. The third-order valence-corrected chi connectivity index (χ3v) is 15.6. The zero-order valence-electron chi connectivity index (χ0n) is 31.2. The van der Waals surface area contributed by atoms with Crippen LogP contribution in [0.25, 0.3) is 0 Å². The molecule has 4 heterocycles. The lowest BCUT2D eigenvalue weighted by Gasteiger charge is -2.60. The third-order valence-electron chi connectivity index (χ3n) is 15.6. The van der Waals surface area contributed by atoms with E-state index >= 15 is 0 Å². The molecule has 0 radical (unpaired) electrons. The predicted molar refractivity (Wildman–Crippen MR) is 183 cm³/mol. The number of hydrogen-bond donors (Lipinski definition) is 7. The van der Waals surface area contributed by atoms with Crippen LogP contribution in [-0.2, 0) is 28.4 Å². The Kier molecular flexibility index (Phi) is 10.0. The van der Waals surface area contributed by atoms with Crippen LogP contribution in [0.3, 0.4) is 0 Å². The number of hydrogen-bond acceptors (Lipinski definition) is 13. The Morgan fingerprint density at radius 3 is 2.31 bits per heavy atom. The molecule has 4 saturated heterocycles. The third kappa shape index (κ3) is 5.74. The Morgan fingerprint density at radius 2 is 1.60 bits per heavy atom. The molecular formula is C39H62O13. The van der Waals surface area contributed by atoms with Gasteiger partial charge < -0.3 is 64.2 Å². The minimum absolute atomic E-state index is 0.101. The monoisotopic (exact) mass is 738 g/mol. The number of allylic oxidation sites excluding steroid dienone is 1. The molecule has 0 aromatic rings. The van der Waals surface area contributed by atoms with Crippen LogP contribution in [-0.4, -0.2) is 134 Å². The minimum atomic E-state index is -1.66. The predicted octanol–water partition coefficient (Wildman–Crippen LogP) is 1.36.